The van der Waals surface area contributed by atoms with E-state index in [0.717, 1.165) is 24.8 Å². The van der Waals surface area contributed by atoms with Crippen LogP contribution in [0.2, 0.25) is 0 Å². The molecular weight excluding hydrogens is 350 g/mol. The summed E-state index contributed by atoms with van der Waals surface area (Å²) in [6.45, 7) is 3.43. The van der Waals surface area contributed by atoms with Gasteiger partial charge in [0.25, 0.3) is 5.91 Å². The van der Waals surface area contributed by atoms with Crippen molar-refractivity contribution < 1.29 is 19.0 Å². The van der Waals surface area contributed by atoms with E-state index in [1.807, 2.05) is 23.1 Å². The van der Waals surface area contributed by atoms with E-state index in [2.05, 4.69) is 20.3 Å². The fourth-order valence-electron chi connectivity index (χ4n) is 3.54. The van der Waals surface area contributed by atoms with Gasteiger partial charge in [-0.25, -0.2) is 9.42 Å². The average molecular weight is 373 g/mol. The lowest BCUT2D eigenvalue weighted by Crippen LogP contribution is -2.44. The summed E-state index contributed by atoms with van der Waals surface area (Å²) in [4.78, 5) is 28.6. The number of carbonyl (C=O) groups excluding carboxylic acids is 2. The van der Waals surface area contributed by atoms with Gasteiger partial charge >= 0.3 is 6.03 Å². The lowest BCUT2D eigenvalue weighted by Gasteiger charge is -2.24. The molecule has 2 aromatic rings. The first-order chi connectivity index (χ1) is 13.2. The maximum Gasteiger partial charge on any atom is 0.317 e. The van der Waals surface area contributed by atoms with E-state index in [4.69, 9.17) is 4.74 Å². The molecule has 3 amide bonds. The summed E-state index contributed by atoms with van der Waals surface area (Å²) >= 11 is 0. The number of hydrogen-bond donors (Lipinski definition) is 1. The third kappa shape index (κ3) is 4.02. The quantitative estimate of drug-likeness (QED) is 0.866. The van der Waals surface area contributed by atoms with Crippen molar-refractivity contribution >= 4 is 23.0 Å². The first-order valence-corrected chi connectivity index (χ1v) is 9.35. The van der Waals surface area contributed by atoms with Crippen LogP contribution in [0.15, 0.2) is 22.8 Å². The predicted molar refractivity (Wildman–Crippen MR) is 95.8 cm³/mol. The number of amides is 3. The normalized spacial score (nSPS) is 20.7. The second-order valence-corrected chi connectivity index (χ2v) is 6.91. The molecule has 2 aliphatic rings. The Kier molecular flexibility index (Phi) is 5.19. The lowest BCUT2D eigenvalue weighted by atomic mass is 10.2. The Morgan fingerprint density at radius 3 is 2.74 bits per heavy atom. The molecule has 0 aliphatic carbocycles. The maximum atomic E-state index is 12.5. The van der Waals surface area contributed by atoms with Crippen LogP contribution < -0.4 is 5.32 Å². The molecule has 27 heavy (non-hydrogen) atoms. The monoisotopic (exact) mass is 373 g/mol. The molecule has 1 N–H and O–H groups in total. The zero-order valence-electron chi connectivity index (χ0n) is 15.1. The van der Waals surface area contributed by atoms with E-state index in [1.54, 1.807) is 4.90 Å². The molecule has 0 spiro atoms. The van der Waals surface area contributed by atoms with Crippen LogP contribution in [0.3, 0.4) is 0 Å². The van der Waals surface area contributed by atoms with Gasteiger partial charge in [-0.3, -0.25) is 4.79 Å². The summed E-state index contributed by atoms with van der Waals surface area (Å²) in [6, 6.07) is 5.42. The van der Waals surface area contributed by atoms with Crippen molar-refractivity contribution in [1.82, 2.24) is 25.4 Å². The molecule has 0 saturated carbocycles. The summed E-state index contributed by atoms with van der Waals surface area (Å²) < 4.78 is 10.2. The van der Waals surface area contributed by atoms with Gasteiger partial charge < -0.3 is 19.9 Å². The highest BCUT2D eigenvalue weighted by atomic mass is 16.6. The molecule has 4 rings (SSSR count). The molecule has 1 aromatic carbocycles. The van der Waals surface area contributed by atoms with E-state index in [-0.39, 0.29) is 18.0 Å². The summed E-state index contributed by atoms with van der Waals surface area (Å²) in [7, 11) is 0. The van der Waals surface area contributed by atoms with Crippen molar-refractivity contribution in [1.29, 1.82) is 0 Å². The zero-order chi connectivity index (χ0) is 18.6. The Morgan fingerprint density at radius 1 is 1.07 bits per heavy atom. The van der Waals surface area contributed by atoms with Gasteiger partial charge in [0.1, 0.15) is 17.1 Å². The topological polar surface area (TPSA) is 101 Å². The van der Waals surface area contributed by atoms with Gasteiger partial charge in [0.2, 0.25) is 0 Å². The zero-order valence-corrected chi connectivity index (χ0v) is 15.1. The third-order valence-electron chi connectivity index (χ3n) is 5.06. The largest absolute Gasteiger partial charge is 0.368 e. The molecular formula is C18H23N5O4. The van der Waals surface area contributed by atoms with Gasteiger partial charge in [0.15, 0.2) is 0 Å². The molecule has 2 aliphatic heterocycles. The van der Waals surface area contributed by atoms with Crippen LogP contribution in [0, 0.1) is 0 Å². The molecule has 3 heterocycles. The summed E-state index contributed by atoms with van der Waals surface area (Å²) in [6.07, 6.45) is 2.20. The first kappa shape index (κ1) is 17.7. The Bertz CT molecular complexity index is 817. The van der Waals surface area contributed by atoms with Crippen LogP contribution in [0.1, 0.15) is 24.8 Å². The number of rotatable bonds is 3. The molecule has 2 fully saturated rings. The molecule has 1 aromatic heterocycles. The van der Waals surface area contributed by atoms with Crippen LogP contribution >= 0.6 is 0 Å². The molecule has 1 atom stereocenters. The van der Waals surface area contributed by atoms with Gasteiger partial charge in [-0.05, 0) is 47.3 Å². The molecule has 9 nitrogen and oxygen atoms in total. The molecule has 9 heteroatoms. The van der Waals surface area contributed by atoms with E-state index in [0.29, 0.717) is 50.4 Å². The highest BCUT2D eigenvalue weighted by molar-refractivity contribution is 5.81. The highest BCUT2D eigenvalue weighted by Crippen LogP contribution is 2.16. The van der Waals surface area contributed by atoms with Gasteiger partial charge in [-0.2, -0.15) is 0 Å². The van der Waals surface area contributed by atoms with E-state index in [9.17, 15) is 9.59 Å². The van der Waals surface area contributed by atoms with Crippen LogP contribution in [-0.4, -0.2) is 70.9 Å². The minimum Gasteiger partial charge on any atom is -0.368 e. The van der Waals surface area contributed by atoms with E-state index >= 15 is 0 Å². The van der Waals surface area contributed by atoms with Crippen molar-refractivity contribution in [2.45, 2.75) is 31.9 Å². The number of carbonyl (C=O) groups is 2. The predicted octanol–water partition coefficient (Wildman–Crippen LogP) is 1.15. The van der Waals surface area contributed by atoms with Crippen molar-refractivity contribution in [3.63, 3.8) is 0 Å². The second-order valence-electron chi connectivity index (χ2n) is 6.91. The Balaban J connectivity index is 1.29. The van der Waals surface area contributed by atoms with Crippen LogP contribution in [0.4, 0.5) is 4.79 Å². The van der Waals surface area contributed by atoms with Crippen LogP contribution in [0.5, 0.6) is 0 Å². The Labute approximate surface area is 156 Å². The number of nitrogens with one attached hydrogen (secondary N) is 1. The summed E-state index contributed by atoms with van der Waals surface area (Å²) in [5.74, 6) is 0.0595. The SMILES string of the molecule is O=C(NCc1ccc2nonc2c1)N1CCCN(C(=O)[C@H]2CCCO2)CC1. The fourth-order valence-corrected chi connectivity index (χ4v) is 3.54. The van der Waals surface area contributed by atoms with E-state index < -0.39 is 0 Å². The second kappa shape index (κ2) is 7.91. The summed E-state index contributed by atoms with van der Waals surface area (Å²) in [5.41, 5.74) is 2.28. The molecule has 0 unspecified atom stereocenters. The number of aromatic nitrogens is 2. The number of hydrogen-bond acceptors (Lipinski definition) is 6. The minimum atomic E-state index is -0.300. The minimum absolute atomic E-state index is 0.0595. The third-order valence-corrected chi connectivity index (χ3v) is 5.06. The molecule has 144 valence electrons. The number of urea groups is 1. The maximum absolute atomic E-state index is 12.5. The van der Waals surface area contributed by atoms with Gasteiger partial charge in [-0.1, -0.05) is 6.07 Å². The van der Waals surface area contributed by atoms with Crippen molar-refractivity contribution in [3.05, 3.63) is 23.8 Å². The fraction of sp³-hybridized carbons (Fsp3) is 0.556. The first-order valence-electron chi connectivity index (χ1n) is 9.35. The molecule has 0 bridgehead atoms. The molecule has 2 saturated heterocycles. The van der Waals surface area contributed by atoms with Gasteiger partial charge in [0, 0.05) is 39.3 Å². The Morgan fingerprint density at radius 2 is 1.89 bits per heavy atom. The van der Waals surface area contributed by atoms with Gasteiger partial charge in [0.05, 0.1) is 0 Å². The van der Waals surface area contributed by atoms with E-state index in [1.165, 1.54) is 0 Å². The average Bonchev–Trinajstić information content (AvgIpc) is 3.32. The van der Waals surface area contributed by atoms with Crippen LogP contribution in [-0.2, 0) is 16.1 Å². The van der Waals surface area contributed by atoms with Crippen molar-refractivity contribution in [2.24, 2.45) is 0 Å². The van der Waals surface area contributed by atoms with Gasteiger partial charge in [-0.15, -0.1) is 0 Å². The Hall–Kier alpha value is -2.68. The number of benzene rings is 1. The molecule has 0 radical (unpaired) electrons. The summed E-state index contributed by atoms with van der Waals surface area (Å²) in [5, 5.41) is 10.5. The standard InChI is InChI=1S/C18H23N5O4/c24-17(16-3-1-10-26-16)22-6-2-7-23(9-8-22)18(25)19-12-13-4-5-14-15(11-13)21-27-20-14/h4-5,11,16H,1-3,6-10,12H2,(H,19,25)/t16-/m1/s1. The highest BCUT2D eigenvalue weighted by Gasteiger charge is 2.30. The number of fused-ring (bicyclic) bond motifs is 1. The number of ether oxygens (including phenoxy) is 1. The van der Waals surface area contributed by atoms with Crippen molar-refractivity contribution in [3.8, 4) is 0 Å². The smallest absolute Gasteiger partial charge is 0.317 e. The van der Waals surface area contributed by atoms with Crippen LogP contribution in [0.25, 0.3) is 11.0 Å². The van der Waals surface area contributed by atoms with Crippen molar-refractivity contribution in [2.75, 3.05) is 32.8 Å². The lowest BCUT2D eigenvalue weighted by molar-refractivity contribution is -0.140. The number of nitrogens with zero attached hydrogens (tertiary/aromatic N) is 4.